The summed E-state index contributed by atoms with van der Waals surface area (Å²) in [5.41, 5.74) is 15.8. The molecule has 0 bridgehead atoms. The Labute approximate surface area is 307 Å². The van der Waals surface area contributed by atoms with Gasteiger partial charge in [0.05, 0.1) is 39.1 Å². The van der Waals surface area contributed by atoms with Gasteiger partial charge in [-0.05, 0) is 58.7 Å². The van der Waals surface area contributed by atoms with Gasteiger partial charge in [-0.2, -0.15) is 0 Å². The van der Waals surface area contributed by atoms with Crippen molar-refractivity contribution in [3.63, 3.8) is 0 Å². The third-order valence-corrected chi connectivity index (χ3v) is 10.0. The third kappa shape index (κ3) is 5.63. The number of nitrogens with zero attached hydrogens (tertiary/aromatic N) is 4. The van der Waals surface area contributed by atoms with Gasteiger partial charge in [-0.1, -0.05) is 158 Å². The average Bonchev–Trinajstić information content (AvgIpc) is 3.64. The maximum absolute atomic E-state index is 5.21. The van der Waals surface area contributed by atoms with Crippen molar-refractivity contribution in [3.8, 4) is 67.4 Å². The lowest BCUT2D eigenvalue weighted by Gasteiger charge is -2.12. The van der Waals surface area contributed by atoms with Crippen molar-refractivity contribution in [1.29, 1.82) is 0 Å². The summed E-state index contributed by atoms with van der Waals surface area (Å²) in [4.78, 5) is 15.4. The van der Waals surface area contributed by atoms with Crippen molar-refractivity contribution in [2.75, 3.05) is 0 Å². The summed E-state index contributed by atoms with van der Waals surface area (Å²) in [5, 5.41) is 1.20. The molecule has 4 nitrogen and oxygen atoms in total. The number of benzene rings is 7. The van der Waals surface area contributed by atoms with Gasteiger partial charge in [-0.3, -0.25) is 0 Å². The molecule has 0 saturated heterocycles. The Balaban J connectivity index is 1.03. The van der Waals surface area contributed by atoms with Crippen molar-refractivity contribution >= 4 is 27.5 Å². The van der Waals surface area contributed by atoms with Gasteiger partial charge in [-0.25, -0.2) is 15.0 Å². The van der Waals surface area contributed by atoms with Crippen molar-refractivity contribution in [1.82, 2.24) is 19.4 Å². The standard InChI is InChI=1S/C49H32N4/c1-3-12-33(13-4-1)34-24-28-38(29-25-34)49-51-43(36-14-5-2-6-15-36)32-44(52-49)37-26-22-35(23-27-37)39-17-11-18-41(30-39)48-47-31-40-16-7-9-20-45(40)53(47)46-21-10-8-19-42(46)50-48/h1-32H. The highest BCUT2D eigenvalue weighted by atomic mass is 14.9. The van der Waals surface area contributed by atoms with Crippen LogP contribution in [0.15, 0.2) is 194 Å². The van der Waals surface area contributed by atoms with E-state index in [4.69, 9.17) is 15.0 Å². The van der Waals surface area contributed by atoms with Crippen LogP contribution in [0.1, 0.15) is 0 Å². The van der Waals surface area contributed by atoms with Crippen LogP contribution in [0.25, 0.3) is 94.9 Å². The zero-order chi connectivity index (χ0) is 35.1. The predicted octanol–water partition coefficient (Wildman–Crippen LogP) is 12.4. The Morgan fingerprint density at radius 2 is 0.811 bits per heavy atom. The summed E-state index contributed by atoms with van der Waals surface area (Å²) in [6.45, 7) is 0. The van der Waals surface area contributed by atoms with Crippen LogP contribution in [0.2, 0.25) is 0 Å². The first-order valence-electron chi connectivity index (χ1n) is 17.9. The molecule has 0 aliphatic carbocycles. The second-order valence-corrected chi connectivity index (χ2v) is 13.3. The number of hydrogen-bond acceptors (Lipinski definition) is 3. The van der Waals surface area contributed by atoms with E-state index >= 15 is 0 Å². The largest absolute Gasteiger partial charge is 0.306 e. The molecule has 248 valence electrons. The Morgan fingerprint density at radius 3 is 1.55 bits per heavy atom. The topological polar surface area (TPSA) is 43.1 Å². The molecule has 0 aliphatic rings. The van der Waals surface area contributed by atoms with E-state index < -0.39 is 0 Å². The molecular weight excluding hydrogens is 645 g/mol. The van der Waals surface area contributed by atoms with E-state index in [1.54, 1.807) is 0 Å². The summed E-state index contributed by atoms with van der Waals surface area (Å²) in [6.07, 6.45) is 0. The third-order valence-electron chi connectivity index (χ3n) is 10.0. The van der Waals surface area contributed by atoms with Gasteiger partial charge in [0, 0.05) is 27.6 Å². The first-order chi connectivity index (χ1) is 26.2. The number of fused-ring (bicyclic) bond motifs is 5. The van der Waals surface area contributed by atoms with E-state index in [0.717, 1.165) is 72.6 Å². The van der Waals surface area contributed by atoms with Crippen LogP contribution >= 0.6 is 0 Å². The molecule has 0 fully saturated rings. The highest BCUT2D eigenvalue weighted by Gasteiger charge is 2.15. The predicted molar refractivity (Wildman–Crippen MR) is 218 cm³/mol. The minimum atomic E-state index is 0.699. The molecule has 0 unspecified atom stereocenters. The summed E-state index contributed by atoms with van der Waals surface area (Å²) >= 11 is 0. The fourth-order valence-electron chi connectivity index (χ4n) is 7.33. The molecule has 0 spiro atoms. The lowest BCUT2D eigenvalue weighted by molar-refractivity contribution is 1.18. The van der Waals surface area contributed by atoms with Gasteiger partial charge in [0.25, 0.3) is 0 Å². The lowest BCUT2D eigenvalue weighted by Crippen LogP contribution is -1.96. The summed E-state index contributed by atoms with van der Waals surface area (Å²) in [7, 11) is 0. The van der Waals surface area contributed by atoms with Gasteiger partial charge >= 0.3 is 0 Å². The SMILES string of the molecule is c1ccc(-c2ccc(-c3nc(-c4ccccc4)cc(-c4ccc(-c5cccc(-c6nc7ccccc7n7c6cc6ccccc67)c5)cc4)n3)cc2)cc1. The Bertz CT molecular complexity index is 2910. The molecule has 53 heavy (non-hydrogen) atoms. The van der Waals surface area contributed by atoms with Crippen LogP contribution in [0.4, 0.5) is 0 Å². The summed E-state index contributed by atoms with van der Waals surface area (Å²) < 4.78 is 2.34. The Kier molecular flexibility index (Phi) is 7.43. The van der Waals surface area contributed by atoms with Crippen LogP contribution in [0.3, 0.4) is 0 Å². The molecule has 0 N–H and O–H groups in total. The smallest absolute Gasteiger partial charge is 0.160 e. The van der Waals surface area contributed by atoms with E-state index in [1.807, 2.05) is 24.3 Å². The number of para-hydroxylation sites is 3. The number of hydrogen-bond donors (Lipinski definition) is 0. The summed E-state index contributed by atoms with van der Waals surface area (Å²) in [5.74, 6) is 0.699. The molecule has 0 atom stereocenters. The van der Waals surface area contributed by atoms with Crippen molar-refractivity contribution in [3.05, 3.63) is 194 Å². The Hall–Kier alpha value is -7.17. The minimum Gasteiger partial charge on any atom is -0.306 e. The highest BCUT2D eigenvalue weighted by molar-refractivity contribution is 5.99. The second kappa shape index (κ2) is 12.9. The van der Waals surface area contributed by atoms with Crippen molar-refractivity contribution in [2.45, 2.75) is 0 Å². The molecule has 4 heteroatoms. The van der Waals surface area contributed by atoms with Crippen molar-refractivity contribution in [2.24, 2.45) is 0 Å². The minimum absolute atomic E-state index is 0.699. The van der Waals surface area contributed by atoms with Gasteiger partial charge in [0.2, 0.25) is 0 Å². The number of rotatable bonds is 6. The van der Waals surface area contributed by atoms with E-state index in [-0.39, 0.29) is 0 Å². The van der Waals surface area contributed by atoms with E-state index in [0.29, 0.717) is 5.82 Å². The molecule has 10 aromatic rings. The number of aromatic nitrogens is 4. The maximum Gasteiger partial charge on any atom is 0.160 e. The molecule has 0 aliphatic heterocycles. The van der Waals surface area contributed by atoms with Crippen LogP contribution < -0.4 is 0 Å². The maximum atomic E-state index is 5.21. The normalized spacial score (nSPS) is 11.4. The van der Waals surface area contributed by atoms with Gasteiger partial charge in [0.15, 0.2) is 5.82 Å². The zero-order valence-electron chi connectivity index (χ0n) is 28.8. The zero-order valence-corrected chi connectivity index (χ0v) is 28.8. The monoisotopic (exact) mass is 676 g/mol. The van der Waals surface area contributed by atoms with Crippen LogP contribution in [0.5, 0.6) is 0 Å². The van der Waals surface area contributed by atoms with E-state index in [2.05, 4.69) is 174 Å². The van der Waals surface area contributed by atoms with Crippen LogP contribution in [-0.2, 0) is 0 Å². The first kappa shape index (κ1) is 30.6. The van der Waals surface area contributed by atoms with Crippen LogP contribution in [0, 0.1) is 0 Å². The van der Waals surface area contributed by atoms with E-state index in [9.17, 15) is 0 Å². The molecule has 3 aromatic heterocycles. The van der Waals surface area contributed by atoms with Gasteiger partial charge in [-0.15, -0.1) is 0 Å². The molecular formula is C49H32N4. The molecule has 0 saturated carbocycles. The average molecular weight is 677 g/mol. The molecule has 0 radical (unpaired) electrons. The quantitative estimate of drug-likeness (QED) is 0.176. The fraction of sp³-hybridized carbons (Fsp3) is 0. The fourth-order valence-corrected chi connectivity index (χ4v) is 7.33. The van der Waals surface area contributed by atoms with Crippen molar-refractivity contribution < 1.29 is 0 Å². The first-order valence-corrected chi connectivity index (χ1v) is 17.9. The highest BCUT2D eigenvalue weighted by Crippen LogP contribution is 2.35. The lowest BCUT2D eigenvalue weighted by atomic mass is 9.99. The molecule has 7 aromatic carbocycles. The van der Waals surface area contributed by atoms with Gasteiger partial charge < -0.3 is 4.40 Å². The second-order valence-electron chi connectivity index (χ2n) is 13.3. The van der Waals surface area contributed by atoms with E-state index in [1.165, 1.54) is 16.5 Å². The summed E-state index contributed by atoms with van der Waals surface area (Å²) in [6, 6.07) is 67.9. The Morgan fingerprint density at radius 1 is 0.302 bits per heavy atom. The molecule has 3 heterocycles. The molecule has 10 rings (SSSR count). The van der Waals surface area contributed by atoms with Crippen LogP contribution in [-0.4, -0.2) is 19.4 Å². The van der Waals surface area contributed by atoms with Gasteiger partial charge in [0.1, 0.15) is 0 Å². The molecule has 0 amide bonds.